The summed E-state index contributed by atoms with van der Waals surface area (Å²) in [6.45, 7) is 10.7. The van der Waals surface area contributed by atoms with E-state index in [-0.39, 0.29) is 19.4 Å². The third kappa shape index (κ3) is 4.71. The van der Waals surface area contributed by atoms with Crippen molar-refractivity contribution in [1.29, 1.82) is 0 Å². The van der Waals surface area contributed by atoms with Gasteiger partial charge in [0.15, 0.2) is 5.78 Å². The Hall–Kier alpha value is -2.16. The van der Waals surface area contributed by atoms with Crippen LogP contribution in [0.5, 0.6) is 0 Å². The van der Waals surface area contributed by atoms with E-state index >= 15 is 0 Å². The lowest BCUT2D eigenvalue weighted by Gasteiger charge is -2.56. The predicted octanol–water partition coefficient (Wildman–Crippen LogP) is 1.41. The molecule has 0 aromatic heterocycles. The molecule has 0 saturated carbocycles. The molecule has 1 saturated heterocycles. The topological polar surface area (TPSA) is 122 Å². The molecule has 0 spiro atoms. The molecule has 0 bridgehead atoms. The molecular formula is C20H34N2O7. The van der Waals surface area contributed by atoms with Crippen LogP contribution in [0.4, 0.5) is 4.79 Å². The van der Waals surface area contributed by atoms with Gasteiger partial charge in [-0.3, -0.25) is 9.59 Å². The first kappa shape index (κ1) is 24.9. The number of Topliss-reactive ketones (excluding diaryl/α,β-unsaturated/α-hetero) is 1. The van der Waals surface area contributed by atoms with E-state index in [0.717, 1.165) is 7.11 Å². The number of hydrogen-bond donors (Lipinski definition) is 2. The van der Waals surface area contributed by atoms with E-state index in [9.17, 15) is 24.3 Å². The monoisotopic (exact) mass is 414 g/mol. The Morgan fingerprint density at radius 1 is 1.10 bits per heavy atom. The van der Waals surface area contributed by atoms with Crippen LogP contribution in [-0.4, -0.2) is 70.7 Å². The van der Waals surface area contributed by atoms with Crippen molar-refractivity contribution >= 4 is 23.8 Å². The number of piperidine rings is 1. The van der Waals surface area contributed by atoms with Crippen LogP contribution in [0.1, 0.15) is 61.3 Å². The number of ketones is 1. The number of nitrogens with one attached hydrogen (secondary N) is 1. The number of aliphatic hydroxyl groups excluding tert-OH is 1. The third-order valence-corrected chi connectivity index (χ3v) is 4.95. The molecule has 0 aliphatic carbocycles. The maximum absolute atomic E-state index is 13.2. The zero-order valence-corrected chi connectivity index (χ0v) is 18.7. The van der Waals surface area contributed by atoms with Crippen molar-refractivity contribution in [3.8, 4) is 0 Å². The first-order valence-corrected chi connectivity index (χ1v) is 9.59. The minimum absolute atomic E-state index is 0.0458. The average Bonchev–Trinajstić information content (AvgIpc) is 2.58. The van der Waals surface area contributed by atoms with Crippen molar-refractivity contribution in [2.45, 2.75) is 78.0 Å². The fraction of sp³-hybridized carbons (Fsp3) is 0.800. The average molecular weight is 414 g/mol. The van der Waals surface area contributed by atoms with E-state index in [2.05, 4.69) is 5.32 Å². The van der Waals surface area contributed by atoms with E-state index in [0.29, 0.717) is 0 Å². The van der Waals surface area contributed by atoms with Gasteiger partial charge in [-0.25, -0.2) is 9.59 Å². The largest absolute Gasteiger partial charge is 0.467 e. The van der Waals surface area contributed by atoms with Crippen molar-refractivity contribution in [2.24, 2.45) is 5.41 Å². The summed E-state index contributed by atoms with van der Waals surface area (Å²) >= 11 is 0. The normalized spacial score (nSPS) is 22.7. The number of methoxy groups -OCH3 is 1. The molecule has 1 rings (SSSR count). The van der Waals surface area contributed by atoms with Gasteiger partial charge in [0.05, 0.1) is 13.7 Å². The van der Waals surface area contributed by atoms with Crippen molar-refractivity contribution in [3.63, 3.8) is 0 Å². The van der Waals surface area contributed by atoms with Gasteiger partial charge in [-0.2, -0.15) is 0 Å². The Labute approximate surface area is 172 Å². The highest BCUT2D eigenvalue weighted by Crippen LogP contribution is 2.45. The molecule has 0 aromatic carbocycles. The summed E-state index contributed by atoms with van der Waals surface area (Å²) in [5.74, 6) is -1.89. The van der Waals surface area contributed by atoms with Crippen LogP contribution in [0.25, 0.3) is 0 Å². The molecule has 2 atom stereocenters. The van der Waals surface area contributed by atoms with E-state index in [1.807, 2.05) is 0 Å². The number of rotatable bonds is 5. The van der Waals surface area contributed by atoms with Crippen molar-refractivity contribution < 1.29 is 33.8 Å². The summed E-state index contributed by atoms with van der Waals surface area (Å²) in [6, 6.07) is 0. The van der Waals surface area contributed by atoms with Crippen molar-refractivity contribution in [3.05, 3.63) is 0 Å². The number of carbonyl (C=O) groups is 4. The van der Waals surface area contributed by atoms with Gasteiger partial charge >= 0.3 is 12.1 Å². The zero-order chi connectivity index (χ0) is 22.8. The van der Waals surface area contributed by atoms with Crippen LogP contribution < -0.4 is 5.32 Å². The molecule has 2 N–H and O–H groups in total. The molecule has 1 fully saturated rings. The molecule has 29 heavy (non-hydrogen) atoms. The molecule has 9 heteroatoms. The Morgan fingerprint density at radius 3 is 2.07 bits per heavy atom. The molecule has 166 valence electrons. The maximum Gasteiger partial charge on any atom is 0.407 e. The van der Waals surface area contributed by atoms with Gasteiger partial charge in [-0.15, -0.1) is 0 Å². The van der Waals surface area contributed by atoms with Crippen LogP contribution in [0.3, 0.4) is 0 Å². The number of amides is 2. The van der Waals surface area contributed by atoms with Crippen molar-refractivity contribution in [2.75, 3.05) is 20.3 Å². The lowest BCUT2D eigenvalue weighted by atomic mass is 9.63. The first-order chi connectivity index (χ1) is 13.1. The zero-order valence-electron chi connectivity index (χ0n) is 18.7. The van der Waals surface area contributed by atoms with Crippen molar-refractivity contribution in [1.82, 2.24) is 10.2 Å². The molecular weight excluding hydrogens is 380 g/mol. The van der Waals surface area contributed by atoms with Crippen LogP contribution in [-0.2, 0) is 23.9 Å². The van der Waals surface area contributed by atoms with E-state index in [1.54, 1.807) is 41.5 Å². The summed E-state index contributed by atoms with van der Waals surface area (Å²) in [4.78, 5) is 52.6. The summed E-state index contributed by atoms with van der Waals surface area (Å²) in [5, 5.41) is 12.8. The van der Waals surface area contributed by atoms with Gasteiger partial charge in [-0.1, -0.05) is 6.92 Å². The summed E-state index contributed by atoms with van der Waals surface area (Å²) in [5.41, 5.74) is -5.34. The van der Waals surface area contributed by atoms with Crippen LogP contribution >= 0.6 is 0 Å². The second-order valence-corrected chi connectivity index (χ2v) is 9.60. The summed E-state index contributed by atoms with van der Waals surface area (Å²) in [7, 11) is 1.12. The highest BCUT2D eigenvalue weighted by Gasteiger charge is 2.68. The molecule has 0 aromatic rings. The molecule has 1 heterocycles. The second-order valence-electron chi connectivity index (χ2n) is 9.60. The SMILES string of the molecule is COC(=O)[C@]1([C@](C)(CO)CNC(=O)OC(C)(C)C)C(=O)CCC(=O)N1C(C)(C)C. The first-order valence-electron chi connectivity index (χ1n) is 9.59. The van der Waals surface area contributed by atoms with Gasteiger partial charge in [0, 0.05) is 30.3 Å². The Balaban J connectivity index is 3.54. The van der Waals surface area contributed by atoms with Gasteiger partial charge in [-0.05, 0) is 41.5 Å². The predicted molar refractivity (Wildman–Crippen MR) is 105 cm³/mol. The van der Waals surface area contributed by atoms with Gasteiger partial charge < -0.3 is 24.8 Å². The number of carbonyl (C=O) groups excluding carboxylic acids is 4. The summed E-state index contributed by atoms with van der Waals surface area (Å²) < 4.78 is 10.2. The number of esters is 1. The lowest BCUT2D eigenvalue weighted by Crippen LogP contribution is -2.78. The number of hydrogen-bond acceptors (Lipinski definition) is 7. The fourth-order valence-electron chi connectivity index (χ4n) is 3.79. The standard InChI is InChI=1S/C20H34N2O7/c1-17(2,3)22-14(25)10-9-13(24)20(22,15(26)28-8)19(7,12-23)11-21-16(27)29-18(4,5)6/h23H,9-12H2,1-8H3,(H,21,27)/t19-,20-/m0/s1. The molecule has 0 unspecified atom stereocenters. The number of aliphatic hydroxyl groups is 1. The molecule has 1 aliphatic heterocycles. The van der Waals surface area contributed by atoms with E-state index in [1.165, 1.54) is 11.8 Å². The fourth-order valence-corrected chi connectivity index (χ4v) is 3.79. The lowest BCUT2D eigenvalue weighted by molar-refractivity contribution is -0.192. The molecule has 1 aliphatic rings. The van der Waals surface area contributed by atoms with Gasteiger partial charge in [0.25, 0.3) is 0 Å². The van der Waals surface area contributed by atoms with Crippen LogP contribution in [0.2, 0.25) is 0 Å². The molecule has 0 radical (unpaired) electrons. The summed E-state index contributed by atoms with van der Waals surface area (Å²) in [6.07, 6.45) is -0.979. The Kier molecular flexibility index (Phi) is 7.12. The number of alkyl carbamates (subject to hydrolysis) is 1. The second kappa shape index (κ2) is 8.30. The Morgan fingerprint density at radius 2 is 1.66 bits per heavy atom. The third-order valence-electron chi connectivity index (χ3n) is 4.95. The van der Waals surface area contributed by atoms with Gasteiger partial charge in [0.1, 0.15) is 5.60 Å². The van der Waals surface area contributed by atoms with E-state index < -0.39 is 52.5 Å². The van der Waals surface area contributed by atoms with Crippen LogP contribution in [0.15, 0.2) is 0 Å². The molecule has 2 amide bonds. The maximum atomic E-state index is 13.2. The number of ether oxygens (including phenoxy) is 2. The minimum Gasteiger partial charge on any atom is -0.467 e. The van der Waals surface area contributed by atoms with Crippen LogP contribution in [0, 0.1) is 5.41 Å². The quantitative estimate of drug-likeness (QED) is 0.515. The van der Waals surface area contributed by atoms with E-state index in [4.69, 9.17) is 9.47 Å². The molecule has 9 nitrogen and oxygen atoms in total. The van der Waals surface area contributed by atoms with Gasteiger partial charge in [0.2, 0.25) is 11.4 Å². The Bertz CT molecular complexity index is 667. The highest BCUT2D eigenvalue weighted by atomic mass is 16.6. The highest BCUT2D eigenvalue weighted by molar-refractivity contribution is 6.14. The smallest absolute Gasteiger partial charge is 0.407 e. The number of likely N-dealkylation sites (tertiary alicyclic amines) is 1. The minimum atomic E-state index is -2.10. The number of nitrogens with zero attached hydrogens (tertiary/aromatic N) is 1.